The summed E-state index contributed by atoms with van der Waals surface area (Å²) in [5.74, 6) is 0. The van der Waals surface area contributed by atoms with Crippen molar-refractivity contribution >= 4 is 87.9 Å². The van der Waals surface area contributed by atoms with Crippen molar-refractivity contribution in [3.8, 4) is 45.0 Å². The summed E-state index contributed by atoms with van der Waals surface area (Å²) < 4.78 is 56.1. The van der Waals surface area contributed by atoms with E-state index in [1.165, 1.54) is 72.5 Å². The molecular formula is C79H74N8O4+4. The van der Waals surface area contributed by atoms with Crippen molar-refractivity contribution in [3.63, 3.8) is 0 Å². The normalized spacial score (nSPS) is 12.1. The van der Waals surface area contributed by atoms with Crippen LogP contribution in [0.3, 0.4) is 0 Å². The van der Waals surface area contributed by atoms with Crippen LogP contribution in [0.15, 0.2) is 194 Å². The SMILES string of the molecule is Cc1ccc(-c2c(C)ccc3oc4cc(C)ncc4c23)[n+](C)c1.Cc1ccc(-c2c(C)ccc3oc4cnc(C)cc4c23)[n+](C)c1.Cc1ccc(-c2c(C)ccc3oc4nc(C)ccc4c23)[n+](C)c1.[2H]C([2H])([2H])c1nc(C)c(-c2cccc[n+]2C)c2c1oc1ccccc12. The molecule has 0 spiro atoms. The molecule has 0 aliphatic carbocycles. The van der Waals surface area contributed by atoms with Gasteiger partial charge in [-0.2, -0.15) is 0 Å². The molecule has 0 saturated heterocycles. The largest absolute Gasteiger partial charge is 0.456 e. The van der Waals surface area contributed by atoms with Gasteiger partial charge in [0.1, 0.15) is 56.1 Å². The first kappa shape index (κ1) is 55.6. The molecule has 4 aromatic carbocycles. The number of hydrogen-bond donors (Lipinski definition) is 0. The van der Waals surface area contributed by atoms with Crippen LogP contribution >= 0.6 is 0 Å². The van der Waals surface area contributed by atoms with Crippen LogP contribution in [-0.4, -0.2) is 19.9 Å². The Morgan fingerprint density at radius 2 is 0.868 bits per heavy atom. The van der Waals surface area contributed by atoms with E-state index in [1.54, 1.807) is 0 Å². The Balaban J connectivity index is 0.000000114. The molecular weight excluding hydrogens is 1120 g/mol. The fourth-order valence-corrected chi connectivity index (χ4v) is 12.9. The summed E-state index contributed by atoms with van der Waals surface area (Å²) in [6, 6.07) is 47.3. The molecule has 12 heterocycles. The highest BCUT2D eigenvalue weighted by Crippen LogP contribution is 2.42. The first-order chi connectivity index (χ1) is 45.0. The van der Waals surface area contributed by atoms with Crippen LogP contribution in [-0.2, 0) is 28.2 Å². The van der Waals surface area contributed by atoms with E-state index in [4.69, 9.17) is 21.8 Å². The van der Waals surface area contributed by atoms with E-state index < -0.39 is 6.85 Å². The van der Waals surface area contributed by atoms with Gasteiger partial charge in [-0.1, -0.05) is 36.4 Å². The van der Waals surface area contributed by atoms with Gasteiger partial charge >= 0.3 is 0 Å². The summed E-state index contributed by atoms with van der Waals surface area (Å²) in [7, 11) is 8.23. The van der Waals surface area contributed by atoms with Crippen LogP contribution < -0.4 is 18.3 Å². The van der Waals surface area contributed by atoms with Gasteiger partial charge in [-0.3, -0.25) is 15.0 Å². The lowest BCUT2D eigenvalue weighted by atomic mass is 9.98. The van der Waals surface area contributed by atoms with Crippen LogP contribution in [0.2, 0.25) is 0 Å². The van der Waals surface area contributed by atoms with E-state index in [-0.39, 0.29) is 5.69 Å². The average Bonchev–Trinajstić information content (AvgIpc) is 1.58. The second-order valence-corrected chi connectivity index (χ2v) is 24.2. The van der Waals surface area contributed by atoms with E-state index in [0.29, 0.717) is 22.6 Å². The molecule has 0 unspecified atom stereocenters. The fourth-order valence-electron chi connectivity index (χ4n) is 12.9. The third kappa shape index (κ3) is 10.9. The molecule has 16 aromatic rings. The zero-order valence-corrected chi connectivity index (χ0v) is 54.0. The molecule has 16 rings (SSSR count). The number of aryl methyl sites for hydroxylation is 15. The molecule has 0 N–H and O–H groups in total. The van der Waals surface area contributed by atoms with E-state index in [0.717, 1.165) is 94.0 Å². The summed E-state index contributed by atoms with van der Waals surface area (Å²) in [4.78, 5) is 17.8. The Kier molecular flexibility index (Phi) is 14.5. The summed E-state index contributed by atoms with van der Waals surface area (Å²) in [6.07, 6.45) is 12.2. The van der Waals surface area contributed by atoms with Gasteiger partial charge in [0.2, 0.25) is 28.5 Å². The van der Waals surface area contributed by atoms with E-state index in [9.17, 15) is 0 Å². The number of fused-ring (bicyclic) bond motifs is 12. The first-order valence-corrected chi connectivity index (χ1v) is 30.5. The maximum atomic E-state index is 7.85. The number of para-hydroxylation sites is 1. The molecule has 0 radical (unpaired) electrons. The predicted octanol–water partition coefficient (Wildman–Crippen LogP) is 17.3. The maximum absolute atomic E-state index is 7.85. The molecule has 0 aliphatic rings. The third-order valence-electron chi connectivity index (χ3n) is 17.2. The zero-order chi connectivity index (χ0) is 66.2. The van der Waals surface area contributed by atoms with E-state index >= 15 is 0 Å². The fraction of sp³-hybridized carbons (Fsp3) is 0.190. The molecule has 0 amide bonds. The molecule has 12 heteroatoms. The topological polar surface area (TPSA) is 120 Å². The van der Waals surface area contributed by atoms with Gasteiger partial charge in [0.15, 0.2) is 36.0 Å². The molecule has 91 heavy (non-hydrogen) atoms. The van der Waals surface area contributed by atoms with Gasteiger partial charge in [-0.05, 0) is 160 Å². The molecule has 0 saturated carbocycles. The molecule has 0 bridgehead atoms. The molecule has 450 valence electrons. The summed E-state index contributed by atoms with van der Waals surface area (Å²) in [5.41, 5.74) is 26.3. The van der Waals surface area contributed by atoms with Crippen LogP contribution in [0.1, 0.15) is 66.0 Å². The minimum atomic E-state index is -2.34. The number of aromatic nitrogens is 8. The number of rotatable bonds is 4. The van der Waals surface area contributed by atoms with Crippen molar-refractivity contribution < 1.29 is 40.0 Å². The van der Waals surface area contributed by atoms with Crippen molar-refractivity contribution in [2.45, 2.75) is 76.1 Å². The monoisotopic (exact) mass is 1200 g/mol. The van der Waals surface area contributed by atoms with Crippen molar-refractivity contribution in [2.24, 2.45) is 28.2 Å². The highest BCUT2D eigenvalue weighted by molar-refractivity contribution is 6.15. The van der Waals surface area contributed by atoms with Crippen LogP contribution in [0, 0.1) is 76.1 Å². The summed E-state index contributed by atoms with van der Waals surface area (Å²) in [5, 5.41) is 8.44. The maximum Gasteiger partial charge on any atom is 0.227 e. The Morgan fingerprint density at radius 3 is 1.45 bits per heavy atom. The Hall–Kier alpha value is -10.7. The van der Waals surface area contributed by atoms with Gasteiger partial charge < -0.3 is 17.7 Å². The smallest absolute Gasteiger partial charge is 0.227 e. The number of benzene rings is 4. The minimum Gasteiger partial charge on any atom is -0.456 e. The average molecular weight is 1200 g/mol. The quantitative estimate of drug-likeness (QED) is 0.160. The summed E-state index contributed by atoms with van der Waals surface area (Å²) in [6.45, 7) is 18.3. The minimum absolute atomic E-state index is 0.0125. The second-order valence-electron chi connectivity index (χ2n) is 24.2. The zero-order valence-electron chi connectivity index (χ0n) is 57.0. The van der Waals surface area contributed by atoms with Crippen molar-refractivity contribution in [3.05, 3.63) is 239 Å². The second kappa shape index (κ2) is 23.7. The predicted molar refractivity (Wildman–Crippen MR) is 365 cm³/mol. The lowest BCUT2D eigenvalue weighted by Gasteiger charge is -2.07. The summed E-state index contributed by atoms with van der Waals surface area (Å²) >= 11 is 0. The van der Waals surface area contributed by atoms with Gasteiger partial charge in [-0.15, -0.1) is 0 Å². The Labute approximate surface area is 533 Å². The third-order valence-corrected chi connectivity index (χ3v) is 17.2. The lowest BCUT2D eigenvalue weighted by Crippen LogP contribution is -2.31. The van der Waals surface area contributed by atoms with E-state index in [1.807, 2.05) is 119 Å². The number of nitrogens with zero attached hydrogens (tertiary/aromatic N) is 8. The Bertz CT molecular complexity index is 5520. The van der Waals surface area contributed by atoms with E-state index in [2.05, 4.69) is 194 Å². The van der Waals surface area contributed by atoms with Crippen molar-refractivity contribution in [1.82, 2.24) is 19.9 Å². The molecule has 12 aromatic heterocycles. The Morgan fingerprint density at radius 1 is 0.352 bits per heavy atom. The molecule has 0 atom stereocenters. The van der Waals surface area contributed by atoms with Crippen LogP contribution in [0.4, 0.5) is 0 Å². The number of furan rings is 4. The number of hydrogen-bond acceptors (Lipinski definition) is 8. The highest BCUT2D eigenvalue weighted by atomic mass is 16.3. The molecule has 12 nitrogen and oxygen atoms in total. The molecule has 0 aliphatic heterocycles. The van der Waals surface area contributed by atoms with Crippen molar-refractivity contribution in [2.75, 3.05) is 0 Å². The standard InChI is InChI=1S/3C20H19N2O.C19H17N2O/c1-12-5-9-16(22(4)11-12)18-13(2)6-10-17-19(18)15-8-7-14(3)21-20(15)23-17;1-12-5-7-16(22(4)11-12)19-13(2)6-8-17-20(19)15-10-21-14(3)9-18(15)23-17;1-12-5-7-16(22(4)11-12)19-13(2)6-8-17-20(19)15-9-14(3)21-10-18(15)23-17;1-12-17(15-9-6-7-11-21(15)3)18-14-8-4-5-10-16(14)22-19(18)13(2)20-12/h3*5-11H,1-4H3;4-11H,1-3H3/q4*+1/i;;;2D3. The van der Waals surface area contributed by atoms with Gasteiger partial charge in [0, 0.05) is 124 Å². The highest BCUT2D eigenvalue weighted by Gasteiger charge is 2.26. The lowest BCUT2D eigenvalue weighted by molar-refractivity contribution is -0.660. The van der Waals surface area contributed by atoms with Gasteiger partial charge in [0.25, 0.3) is 0 Å². The van der Waals surface area contributed by atoms with Gasteiger partial charge in [-0.25, -0.2) is 23.3 Å². The van der Waals surface area contributed by atoms with Crippen molar-refractivity contribution in [1.29, 1.82) is 0 Å². The number of pyridine rings is 8. The van der Waals surface area contributed by atoms with Crippen LogP contribution in [0.5, 0.6) is 0 Å². The van der Waals surface area contributed by atoms with Gasteiger partial charge in [0.05, 0.1) is 39.8 Å². The first-order valence-electron chi connectivity index (χ1n) is 32.0. The van der Waals surface area contributed by atoms with Crippen LogP contribution in [0.25, 0.3) is 133 Å². The molecule has 0 fully saturated rings.